The molecule has 0 aliphatic carbocycles. The molecule has 3 aliphatic rings. The number of carbonyl (C=O) groups is 1. The van der Waals surface area contributed by atoms with E-state index in [0.717, 1.165) is 33.7 Å². The first-order chi connectivity index (χ1) is 22.4. The zero-order valence-corrected chi connectivity index (χ0v) is 27.5. The first-order valence-corrected chi connectivity index (χ1v) is 18.1. The van der Waals surface area contributed by atoms with Gasteiger partial charge in [0.1, 0.15) is 12.8 Å². The van der Waals surface area contributed by atoms with Gasteiger partial charge in [0.25, 0.3) is 5.91 Å². The molecule has 4 aromatic rings. The van der Waals surface area contributed by atoms with Crippen molar-refractivity contribution in [3.63, 3.8) is 0 Å². The van der Waals surface area contributed by atoms with Crippen molar-refractivity contribution >= 4 is 30.9 Å². The first-order valence-electron chi connectivity index (χ1n) is 15.4. The van der Waals surface area contributed by atoms with Crippen LogP contribution in [0.15, 0.2) is 82.6 Å². The van der Waals surface area contributed by atoms with Gasteiger partial charge in [0, 0.05) is 34.3 Å². The second kappa shape index (κ2) is 14.4. The SMILES string of the molecule is CCP(CC)c1cn2c(c(OCc3ccccc3)c1=O)C(=O)N1CCOCC1N2.Fc1ccc2c(c1F)CSc1ccccc1C2. The van der Waals surface area contributed by atoms with Crippen LogP contribution in [0, 0.1) is 11.6 Å². The summed E-state index contributed by atoms with van der Waals surface area (Å²) >= 11 is 1.57. The van der Waals surface area contributed by atoms with Crippen LogP contribution in [-0.4, -0.2) is 53.7 Å². The Morgan fingerprint density at radius 2 is 1.76 bits per heavy atom. The van der Waals surface area contributed by atoms with Gasteiger partial charge in [-0.25, -0.2) is 8.78 Å². The van der Waals surface area contributed by atoms with Crippen molar-refractivity contribution in [3.05, 3.63) is 123 Å². The van der Waals surface area contributed by atoms with Gasteiger partial charge in [0.2, 0.25) is 5.43 Å². The maximum absolute atomic E-state index is 13.7. The van der Waals surface area contributed by atoms with Crippen molar-refractivity contribution in [1.82, 2.24) is 9.58 Å². The quantitative estimate of drug-likeness (QED) is 0.252. The molecule has 0 saturated carbocycles. The number of hydrogen-bond donors (Lipinski definition) is 1. The van der Waals surface area contributed by atoms with Crippen LogP contribution in [0.2, 0.25) is 0 Å². The van der Waals surface area contributed by atoms with Crippen molar-refractivity contribution in [3.8, 4) is 5.75 Å². The number of amides is 1. The van der Waals surface area contributed by atoms with Crippen LogP contribution in [0.5, 0.6) is 5.75 Å². The first kappa shape index (κ1) is 32.2. The van der Waals surface area contributed by atoms with Crippen LogP contribution in [-0.2, 0) is 23.5 Å². The number of aromatic nitrogens is 1. The highest BCUT2D eigenvalue weighted by molar-refractivity contribution is 7.98. The van der Waals surface area contributed by atoms with E-state index in [1.807, 2.05) is 54.6 Å². The fourth-order valence-electron chi connectivity index (χ4n) is 5.88. The van der Waals surface area contributed by atoms with Crippen LogP contribution in [0.25, 0.3) is 0 Å². The highest BCUT2D eigenvalue weighted by atomic mass is 32.2. The molecule has 0 radical (unpaired) electrons. The predicted molar refractivity (Wildman–Crippen MR) is 179 cm³/mol. The lowest BCUT2D eigenvalue weighted by Crippen LogP contribution is -2.60. The van der Waals surface area contributed by atoms with E-state index in [9.17, 15) is 18.4 Å². The van der Waals surface area contributed by atoms with Gasteiger partial charge in [0.15, 0.2) is 23.1 Å². The molecule has 1 unspecified atom stereocenters. The maximum atomic E-state index is 13.7. The Hall–Kier alpha value is -3.72. The van der Waals surface area contributed by atoms with Gasteiger partial charge in [-0.1, -0.05) is 76.4 Å². The molecule has 1 fully saturated rings. The molecule has 4 heterocycles. The molecule has 7 nitrogen and oxygen atoms in total. The number of fused-ring (bicyclic) bond motifs is 4. The van der Waals surface area contributed by atoms with Crippen molar-refractivity contribution in [2.75, 3.05) is 37.5 Å². The maximum Gasteiger partial charge on any atom is 0.278 e. The summed E-state index contributed by atoms with van der Waals surface area (Å²) in [6, 6.07) is 20.6. The van der Waals surface area contributed by atoms with E-state index in [-0.39, 0.29) is 35.6 Å². The average Bonchev–Trinajstić information content (AvgIpc) is 3.28. The van der Waals surface area contributed by atoms with Gasteiger partial charge in [-0.15, -0.1) is 11.8 Å². The summed E-state index contributed by atoms with van der Waals surface area (Å²) in [6.45, 7) is 5.83. The standard InChI is InChI=1S/C21H26N3O4P.C14H10F2S/c1-3-29(4-2)16-12-24-18(21(26)23-10-11-27-14-17(23)22-24)20(19(16)25)28-13-15-8-6-5-7-9-15;15-12-6-5-9-7-10-3-1-2-4-13(10)17-8-11(9)14(12)16/h5-9,12,17,22H,3-4,10-11,13-14H2,1-2H3;1-6H,7-8H2. The highest BCUT2D eigenvalue weighted by Crippen LogP contribution is 2.36. The lowest BCUT2D eigenvalue weighted by Gasteiger charge is -2.41. The van der Waals surface area contributed by atoms with Crippen molar-refractivity contribution < 1.29 is 23.0 Å². The average molecular weight is 664 g/mol. The van der Waals surface area contributed by atoms with Crippen LogP contribution >= 0.6 is 19.7 Å². The van der Waals surface area contributed by atoms with E-state index in [4.69, 9.17) is 9.47 Å². The predicted octanol–water partition coefficient (Wildman–Crippen LogP) is 6.09. The summed E-state index contributed by atoms with van der Waals surface area (Å²) in [4.78, 5) is 29.5. The third kappa shape index (κ3) is 6.57. The summed E-state index contributed by atoms with van der Waals surface area (Å²) in [7, 11) is -0.612. The second-order valence-electron chi connectivity index (χ2n) is 11.1. The molecule has 11 heteroatoms. The molecule has 1 amide bonds. The van der Waals surface area contributed by atoms with Gasteiger partial charge >= 0.3 is 0 Å². The minimum Gasteiger partial charge on any atom is -0.482 e. The Morgan fingerprint density at radius 1 is 1.00 bits per heavy atom. The van der Waals surface area contributed by atoms with E-state index >= 15 is 0 Å². The molecule has 0 bridgehead atoms. The molecule has 1 aromatic heterocycles. The number of nitrogens with zero attached hydrogens (tertiary/aromatic N) is 2. The summed E-state index contributed by atoms with van der Waals surface area (Å²) in [5.74, 6) is -1.00. The lowest BCUT2D eigenvalue weighted by molar-refractivity contribution is -0.00323. The van der Waals surface area contributed by atoms with Crippen LogP contribution < -0.4 is 20.9 Å². The monoisotopic (exact) mass is 663 g/mol. The van der Waals surface area contributed by atoms with Gasteiger partial charge in [-0.05, 0) is 47.6 Å². The Labute approximate surface area is 272 Å². The zero-order chi connectivity index (χ0) is 32.2. The molecule has 1 saturated heterocycles. The molecule has 3 aromatic carbocycles. The summed E-state index contributed by atoms with van der Waals surface area (Å²) in [5.41, 5.74) is 6.96. The topological polar surface area (TPSA) is 72.8 Å². The van der Waals surface area contributed by atoms with Gasteiger partial charge < -0.3 is 19.8 Å². The smallest absolute Gasteiger partial charge is 0.278 e. The van der Waals surface area contributed by atoms with Crippen molar-refractivity contribution in [2.45, 2.75) is 43.7 Å². The van der Waals surface area contributed by atoms with Crippen LogP contribution in [0.4, 0.5) is 8.78 Å². The number of benzene rings is 3. The normalized spacial score (nSPS) is 16.6. The largest absolute Gasteiger partial charge is 0.482 e. The molecule has 1 N–H and O–H groups in total. The third-order valence-electron chi connectivity index (χ3n) is 8.37. The van der Waals surface area contributed by atoms with E-state index in [0.29, 0.717) is 37.5 Å². The van der Waals surface area contributed by atoms with Gasteiger partial charge in [0.05, 0.1) is 13.2 Å². The molecule has 46 heavy (non-hydrogen) atoms. The van der Waals surface area contributed by atoms with Gasteiger partial charge in [-0.2, -0.15) is 0 Å². The Kier molecular flexibility index (Phi) is 10.1. The highest BCUT2D eigenvalue weighted by Gasteiger charge is 2.38. The molecule has 1 atom stereocenters. The number of thioether (sulfide) groups is 1. The number of halogens is 2. The van der Waals surface area contributed by atoms with Crippen LogP contribution in [0.1, 0.15) is 46.6 Å². The fraction of sp³-hybridized carbons (Fsp3) is 0.314. The third-order valence-corrected chi connectivity index (χ3v) is 12.0. The minimum absolute atomic E-state index is 0.142. The van der Waals surface area contributed by atoms with E-state index < -0.39 is 19.6 Å². The van der Waals surface area contributed by atoms with E-state index in [2.05, 4.69) is 19.3 Å². The minimum atomic E-state index is -0.754. The fourth-order valence-corrected chi connectivity index (χ4v) is 8.79. The molecule has 0 spiro atoms. The number of hydrogen-bond acceptors (Lipinski definition) is 6. The number of carbonyl (C=O) groups excluding carboxylic acids is 1. The molecule has 240 valence electrons. The van der Waals surface area contributed by atoms with E-state index in [1.54, 1.807) is 33.6 Å². The van der Waals surface area contributed by atoms with Gasteiger partial charge in [-0.3, -0.25) is 14.3 Å². The lowest BCUT2D eigenvalue weighted by atomic mass is 10.0. The Morgan fingerprint density at radius 3 is 2.54 bits per heavy atom. The molecule has 7 rings (SSSR count). The van der Waals surface area contributed by atoms with Crippen molar-refractivity contribution in [1.29, 1.82) is 0 Å². The number of morpholine rings is 1. The number of pyridine rings is 1. The summed E-state index contributed by atoms with van der Waals surface area (Å²) in [6.07, 6.45) is 4.05. The molecular formula is C35H36F2N3O4PS. The Balaban J connectivity index is 0.000000185. The Bertz CT molecular complexity index is 1780. The number of ether oxygens (including phenoxy) is 2. The zero-order valence-electron chi connectivity index (χ0n) is 25.8. The van der Waals surface area contributed by atoms with E-state index in [1.165, 1.54) is 11.6 Å². The number of rotatable bonds is 6. The summed E-state index contributed by atoms with van der Waals surface area (Å²) < 4.78 is 40.1. The van der Waals surface area contributed by atoms with Crippen LogP contribution in [0.3, 0.4) is 0 Å². The molecule has 3 aliphatic heterocycles. The second-order valence-corrected chi connectivity index (χ2v) is 15.0. The summed E-state index contributed by atoms with van der Waals surface area (Å²) in [5, 5.41) is 0.738. The molecular weight excluding hydrogens is 627 g/mol. The number of nitrogens with one attached hydrogen (secondary N) is 1. The van der Waals surface area contributed by atoms with Crippen molar-refractivity contribution in [2.24, 2.45) is 0 Å².